The van der Waals surface area contributed by atoms with E-state index in [4.69, 9.17) is 4.74 Å². The van der Waals surface area contributed by atoms with Crippen molar-refractivity contribution in [2.75, 3.05) is 25.5 Å². The molecule has 0 aromatic heterocycles. The minimum absolute atomic E-state index is 0.122. The van der Waals surface area contributed by atoms with Crippen LogP contribution in [0.25, 0.3) is 0 Å². The molecule has 1 unspecified atom stereocenters. The highest BCUT2D eigenvalue weighted by molar-refractivity contribution is 5.92. The molecule has 1 amide bonds. The Morgan fingerprint density at radius 3 is 2.72 bits per heavy atom. The van der Waals surface area contributed by atoms with E-state index in [0.717, 1.165) is 25.1 Å². The van der Waals surface area contributed by atoms with Crippen molar-refractivity contribution in [3.8, 4) is 5.75 Å². The third-order valence-corrected chi connectivity index (χ3v) is 4.67. The number of likely N-dealkylation sites (tertiary alicyclic amines) is 1. The highest BCUT2D eigenvalue weighted by atomic mass is 19.1. The standard InChI is InChI=1S/C20H23FN2O2/c1-14-5-8-16(12-18(14)21)22-20(24)13-23-11-3-4-19(23)15-6-9-17(25-2)10-7-15/h5-10,12,19H,3-4,11,13H2,1-2H3,(H,22,24). The first-order chi connectivity index (χ1) is 12.1. The molecule has 0 aliphatic carbocycles. The van der Waals surface area contributed by atoms with Crippen LogP contribution in [0.3, 0.4) is 0 Å². The first kappa shape index (κ1) is 17.4. The zero-order valence-electron chi connectivity index (χ0n) is 14.6. The van der Waals surface area contributed by atoms with E-state index in [9.17, 15) is 9.18 Å². The molecule has 0 saturated carbocycles. The number of rotatable bonds is 5. The number of carbonyl (C=O) groups is 1. The number of halogens is 1. The van der Waals surface area contributed by atoms with E-state index in [-0.39, 0.29) is 17.8 Å². The molecule has 0 bridgehead atoms. The summed E-state index contributed by atoms with van der Waals surface area (Å²) >= 11 is 0. The Labute approximate surface area is 147 Å². The van der Waals surface area contributed by atoms with Crippen molar-refractivity contribution < 1.29 is 13.9 Å². The number of amides is 1. The van der Waals surface area contributed by atoms with E-state index in [1.807, 2.05) is 12.1 Å². The van der Waals surface area contributed by atoms with Gasteiger partial charge in [-0.2, -0.15) is 0 Å². The van der Waals surface area contributed by atoms with Gasteiger partial charge in [0.2, 0.25) is 5.91 Å². The number of nitrogens with zero attached hydrogens (tertiary/aromatic N) is 1. The van der Waals surface area contributed by atoms with Gasteiger partial charge in [-0.1, -0.05) is 18.2 Å². The number of ether oxygens (including phenoxy) is 1. The second kappa shape index (κ2) is 7.66. The van der Waals surface area contributed by atoms with Crippen LogP contribution in [0.15, 0.2) is 42.5 Å². The molecule has 1 fully saturated rings. The fraction of sp³-hybridized carbons (Fsp3) is 0.350. The van der Waals surface area contributed by atoms with Crippen molar-refractivity contribution in [1.29, 1.82) is 0 Å². The van der Waals surface area contributed by atoms with Gasteiger partial charge < -0.3 is 10.1 Å². The monoisotopic (exact) mass is 342 g/mol. The molecule has 1 heterocycles. The summed E-state index contributed by atoms with van der Waals surface area (Å²) in [5, 5.41) is 2.79. The van der Waals surface area contributed by atoms with Gasteiger partial charge in [-0.25, -0.2) is 4.39 Å². The summed E-state index contributed by atoms with van der Waals surface area (Å²) in [5.41, 5.74) is 2.25. The van der Waals surface area contributed by atoms with E-state index < -0.39 is 0 Å². The molecule has 2 aromatic carbocycles. The molecule has 1 N–H and O–H groups in total. The van der Waals surface area contributed by atoms with Crippen LogP contribution in [0.2, 0.25) is 0 Å². The Morgan fingerprint density at radius 2 is 2.04 bits per heavy atom. The predicted molar refractivity (Wildman–Crippen MR) is 96.3 cm³/mol. The molecule has 25 heavy (non-hydrogen) atoms. The van der Waals surface area contributed by atoms with E-state index >= 15 is 0 Å². The molecule has 1 atom stereocenters. The highest BCUT2D eigenvalue weighted by Crippen LogP contribution is 2.32. The predicted octanol–water partition coefficient (Wildman–Crippen LogP) is 3.92. The van der Waals surface area contributed by atoms with Crippen molar-refractivity contribution in [2.24, 2.45) is 0 Å². The van der Waals surface area contributed by atoms with Gasteiger partial charge in [0.1, 0.15) is 11.6 Å². The molecule has 5 heteroatoms. The molecule has 1 saturated heterocycles. The topological polar surface area (TPSA) is 41.6 Å². The molecule has 1 aliphatic heterocycles. The first-order valence-corrected chi connectivity index (χ1v) is 8.51. The molecule has 1 aliphatic rings. The van der Waals surface area contributed by atoms with E-state index in [0.29, 0.717) is 17.8 Å². The number of nitrogens with one attached hydrogen (secondary N) is 1. The lowest BCUT2D eigenvalue weighted by molar-refractivity contribution is -0.117. The number of methoxy groups -OCH3 is 1. The van der Waals surface area contributed by atoms with Crippen molar-refractivity contribution in [3.63, 3.8) is 0 Å². The van der Waals surface area contributed by atoms with Crippen LogP contribution >= 0.6 is 0 Å². The molecule has 3 rings (SSSR count). The number of carbonyl (C=O) groups excluding carboxylic acids is 1. The summed E-state index contributed by atoms with van der Waals surface area (Å²) in [6, 6.07) is 13.0. The molecular formula is C20H23FN2O2. The summed E-state index contributed by atoms with van der Waals surface area (Å²) in [5.74, 6) is 0.395. The van der Waals surface area contributed by atoms with Gasteiger partial charge in [0.25, 0.3) is 0 Å². The summed E-state index contributed by atoms with van der Waals surface area (Å²) in [6.07, 6.45) is 2.09. The van der Waals surface area contributed by atoms with Crippen molar-refractivity contribution in [3.05, 3.63) is 59.4 Å². The number of hydrogen-bond donors (Lipinski definition) is 1. The van der Waals surface area contributed by atoms with E-state index in [2.05, 4.69) is 22.3 Å². The van der Waals surface area contributed by atoms with Gasteiger partial charge in [0.05, 0.1) is 13.7 Å². The van der Waals surface area contributed by atoms with Crippen LogP contribution in [0, 0.1) is 12.7 Å². The quantitative estimate of drug-likeness (QED) is 0.895. The number of benzene rings is 2. The van der Waals surface area contributed by atoms with Crippen molar-refractivity contribution in [1.82, 2.24) is 4.90 Å². The summed E-state index contributed by atoms with van der Waals surface area (Å²) in [4.78, 5) is 14.5. The van der Waals surface area contributed by atoms with Crippen LogP contribution in [0.1, 0.15) is 30.0 Å². The Morgan fingerprint density at radius 1 is 1.28 bits per heavy atom. The van der Waals surface area contributed by atoms with Crippen LogP contribution in [0.4, 0.5) is 10.1 Å². The minimum atomic E-state index is -0.310. The minimum Gasteiger partial charge on any atom is -0.497 e. The lowest BCUT2D eigenvalue weighted by Gasteiger charge is -2.24. The summed E-state index contributed by atoms with van der Waals surface area (Å²) < 4.78 is 18.8. The average molecular weight is 342 g/mol. The second-order valence-corrected chi connectivity index (χ2v) is 6.41. The van der Waals surface area contributed by atoms with Crippen LogP contribution in [0.5, 0.6) is 5.75 Å². The van der Waals surface area contributed by atoms with Crippen LogP contribution in [-0.4, -0.2) is 31.0 Å². The van der Waals surface area contributed by atoms with Crippen molar-refractivity contribution >= 4 is 11.6 Å². The largest absolute Gasteiger partial charge is 0.497 e. The second-order valence-electron chi connectivity index (χ2n) is 6.41. The van der Waals surface area contributed by atoms with Gasteiger partial charge in [0.15, 0.2) is 0 Å². The summed E-state index contributed by atoms with van der Waals surface area (Å²) in [6.45, 7) is 2.88. The van der Waals surface area contributed by atoms with Gasteiger partial charge in [0, 0.05) is 11.7 Å². The van der Waals surface area contributed by atoms with Gasteiger partial charge in [-0.15, -0.1) is 0 Å². The zero-order chi connectivity index (χ0) is 17.8. The zero-order valence-corrected chi connectivity index (χ0v) is 14.6. The van der Waals surface area contributed by atoms with Gasteiger partial charge in [-0.3, -0.25) is 9.69 Å². The first-order valence-electron chi connectivity index (χ1n) is 8.51. The summed E-state index contributed by atoms with van der Waals surface area (Å²) in [7, 11) is 1.65. The maximum atomic E-state index is 13.6. The Hall–Kier alpha value is -2.40. The maximum absolute atomic E-state index is 13.6. The fourth-order valence-corrected chi connectivity index (χ4v) is 3.27. The average Bonchev–Trinajstić information content (AvgIpc) is 3.06. The molecule has 132 valence electrons. The molecule has 2 aromatic rings. The van der Waals surface area contributed by atoms with E-state index in [1.54, 1.807) is 26.2 Å². The fourth-order valence-electron chi connectivity index (χ4n) is 3.27. The van der Waals surface area contributed by atoms with Crippen LogP contribution in [-0.2, 0) is 4.79 Å². The lowest BCUT2D eigenvalue weighted by atomic mass is 10.0. The third kappa shape index (κ3) is 4.17. The third-order valence-electron chi connectivity index (χ3n) is 4.67. The Balaban J connectivity index is 1.63. The van der Waals surface area contributed by atoms with Gasteiger partial charge in [-0.05, 0) is 61.7 Å². The Bertz CT molecular complexity index is 746. The lowest BCUT2D eigenvalue weighted by Crippen LogP contribution is -2.32. The smallest absolute Gasteiger partial charge is 0.238 e. The number of anilines is 1. The highest BCUT2D eigenvalue weighted by Gasteiger charge is 2.27. The maximum Gasteiger partial charge on any atom is 0.238 e. The Kier molecular flexibility index (Phi) is 5.34. The van der Waals surface area contributed by atoms with Gasteiger partial charge >= 0.3 is 0 Å². The molecular weight excluding hydrogens is 319 g/mol. The molecule has 0 radical (unpaired) electrons. The van der Waals surface area contributed by atoms with Crippen molar-refractivity contribution in [2.45, 2.75) is 25.8 Å². The van der Waals surface area contributed by atoms with Crippen LogP contribution < -0.4 is 10.1 Å². The normalized spacial score (nSPS) is 17.5. The van der Waals surface area contributed by atoms with E-state index in [1.165, 1.54) is 11.6 Å². The SMILES string of the molecule is COc1ccc(C2CCCN2CC(=O)Nc2ccc(C)c(F)c2)cc1. The molecule has 4 nitrogen and oxygen atoms in total. The molecule has 0 spiro atoms. The number of aryl methyl sites for hydroxylation is 1. The number of hydrogen-bond acceptors (Lipinski definition) is 3.